The standard InChI is InChI=1S/C18H19ClN2O2/c19-15-7-4-8-16(13-15)20-9-11-21(12-10-20)17(18(22)23)14-5-2-1-3-6-14/h1-8,13,17H,9-12H2,(H,22,23). The molecule has 0 aliphatic carbocycles. The zero-order valence-electron chi connectivity index (χ0n) is 12.7. The van der Waals surface area contributed by atoms with Crippen molar-refractivity contribution in [2.24, 2.45) is 0 Å². The Morgan fingerprint density at radius 1 is 1.00 bits per heavy atom. The Kier molecular flexibility index (Phi) is 4.84. The highest BCUT2D eigenvalue weighted by Crippen LogP contribution is 2.25. The molecule has 0 spiro atoms. The molecule has 0 radical (unpaired) electrons. The summed E-state index contributed by atoms with van der Waals surface area (Å²) in [5.41, 5.74) is 1.92. The molecule has 3 rings (SSSR count). The van der Waals surface area contributed by atoms with E-state index in [0.29, 0.717) is 13.1 Å². The molecule has 0 bridgehead atoms. The SMILES string of the molecule is O=C(O)C(c1ccccc1)N1CCN(c2cccc(Cl)c2)CC1. The van der Waals surface area contributed by atoms with E-state index < -0.39 is 12.0 Å². The first kappa shape index (κ1) is 15.8. The molecule has 23 heavy (non-hydrogen) atoms. The molecule has 120 valence electrons. The first-order chi connectivity index (χ1) is 11.1. The predicted octanol–water partition coefficient (Wildman–Crippen LogP) is 3.29. The second-order valence-corrected chi connectivity index (χ2v) is 6.09. The molecule has 1 saturated heterocycles. The number of nitrogens with zero attached hydrogens (tertiary/aromatic N) is 2. The van der Waals surface area contributed by atoms with E-state index in [1.807, 2.05) is 59.5 Å². The maximum Gasteiger partial charge on any atom is 0.325 e. The zero-order valence-corrected chi connectivity index (χ0v) is 13.5. The summed E-state index contributed by atoms with van der Waals surface area (Å²) in [6.07, 6.45) is 0. The molecule has 1 aliphatic heterocycles. The van der Waals surface area contributed by atoms with Crippen molar-refractivity contribution in [2.45, 2.75) is 6.04 Å². The van der Waals surface area contributed by atoms with E-state index in [-0.39, 0.29) is 0 Å². The minimum Gasteiger partial charge on any atom is -0.480 e. The van der Waals surface area contributed by atoms with Gasteiger partial charge < -0.3 is 10.0 Å². The lowest BCUT2D eigenvalue weighted by Crippen LogP contribution is -2.49. The van der Waals surface area contributed by atoms with Crippen LogP contribution in [0.5, 0.6) is 0 Å². The van der Waals surface area contributed by atoms with Crippen molar-refractivity contribution in [3.63, 3.8) is 0 Å². The van der Waals surface area contributed by atoms with Crippen molar-refractivity contribution < 1.29 is 9.90 Å². The average Bonchev–Trinajstić information content (AvgIpc) is 2.56. The second-order valence-electron chi connectivity index (χ2n) is 5.65. The summed E-state index contributed by atoms with van der Waals surface area (Å²) in [6, 6.07) is 16.6. The van der Waals surface area contributed by atoms with Crippen LogP contribution in [0.15, 0.2) is 54.6 Å². The molecular weight excluding hydrogens is 312 g/mol. The number of aliphatic carboxylic acids is 1. The fourth-order valence-electron chi connectivity index (χ4n) is 3.06. The van der Waals surface area contributed by atoms with Gasteiger partial charge in [0.25, 0.3) is 0 Å². The lowest BCUT2D eigenvalue weighted by molar-refractivity contribution is -0.143. The summed E-state index contributed by atoms with van der Waals surface area (Å²) in [5.74, 6) is -0.799. The number of rotatable bonds is 4. The molecule has 1 N–H and O–H groups in total. The van der Waals surface area contributed by atoms with Gasteiger partial charge in [-0.15, -0.1) is 0 Å². The van der Waals surface area contributed by atoms with Gasteiger partial charge in [-0.2, -0.15) is 0 Å². The van der Waals surface area contributed by atoms with Crippen molar-refractivity contribution in [2.75, 3.05) is 31.1 Å². The molecule has 2 aromatic carbocycles. The van der Waals surface area contributed by atoms with Crippen LogP contribution in [0, 0.1) is 0 Å². The van der Waals surface area contributed by atoms with Crippen LogP contribution in [0.4, 0.5) is 5.69 Å². The Morgan fingerprint density at radius 2 is 1.70 bits per heavy atom. The smallest absolute Gasteiger partial charge is 0.325 e. The minimum atomic E-state index is -0.799. The zero-order chi connectivity index (χ0) is 16.2. The van der Waals surface area contributed by atoms with Gasteiger partial charge in [0, 0.05) is 36.9 Å². The van der Waals surface area contributed by atoms with Crippen LogP contribution < -0.4 is 4.90 Å². The van der Waals surface area contributed by atoms with Crippen LogP contribution >= 0.6 is 11.6 Å². The third-order valence-corrected chi connectivity index (χ3v) is 4.44. The van der Waals surface area contributed by atoms with Gasteiger partial charge in [-0.25, -0.2) is 0 Å². The van der Waals surface area contributed by atoms with E-state index in [1.54, 1.807) is 0 Å². The number of carboxylic acid groups (broad SMARTS) is 1. The summed E-state index contributed by atoms with van der Waals surface area (Å²) in [7, 11) is 0. The summed E-state index contributed by atoms with van der Waals surface area (Å²) in [5, 5.41) is 10.3. The molecule has 0 saturated carbocycles. The largest absolute Gasteiger partial charge is 0.480 e. The topological polar surface area (TPSA) is 43.8 Å². The van der Waals surface area contributed by atoms with Crippen LogP contribution in [0.2, 0.25) is 5.02 Å². The minimum absolute atomic E-state index is 0.585. The molecule has 1 fully saturated rings. The first-order valence-electron chi connectivity index (χ1n) is 7.67. The molecule has 1 atom stereocenters. The predicted molar refractivity (Wildman–Crippen MR) is 92.1 cm³/mol. The molecule has 1 heterocycles. The molecule has 2 aromatic rings. The molecule has 1 unspecified atom stereocenters. The van der Waals surface area contributed by atoms with Gasteiger partial charge in [-0.3, -0.25) is 9.69 Å². The number of anilines is 1. The van der Waals surface area contributed by atoms with Crippen LogP contribution in [-0.2, 0) is 4.79 Å². The molecular formula is C18H19ClN2O2. The third kappa shape index (κ3) is 3.66. The van der Waals surface area contributed by atoms with Gasteiger partial charge in [-0.05, 0) is 23.8 Å². The van der Waals surface area contributed by atoms with Crippen molar-refractivity contribution in [1.82, 2.24) is 4.90 Å². The Morgan fingerprint density at radius 3 is 2.30 bits per heavy atom. The van der Waals surface area contributed by atoms with Crippen LogP contribution in [0.3, 0.4) is 0 Å². The van der Waals surface area contributed by atoms with Gasteiger partial charge in [0.15, 0.2) is 0 Å². The fourth-order valence-corrected chi connectivity index (χ4v) is 3.24. The van der Waals surface area contributed by atoms with Crippen LogP contribution in [0.25, 0.3) is 0 Å². The lowest BCUT2D eigenvalue weighted by atomic mass is 10.0. The van der Waals surface area contributed by atoms with Gasteiger partial charge >= 0.3 is 5.97 Å². The van der Waals surface area contributed by atoms with Gasteiger partial charge in [-0.1, -0.05) is 48.0 Å². The average molecular weight is 331 g/mol. The second kappa shape index (κ2) is 7.02. The normalized spacial score (nSPS) is 17.0. The highest BCUT2D eigenvalue weighted by molar-refractivity contribution is 6.30. The number of hydrogen-bond acceptors (Lipinski definition) is 3. The molecule has 0 aromatic heterocycles. The molecule has 4 nitrogen and oxygen atoms in total. The highest BCUT2D eigenvalue weighted by atomic mass is 35.5. The summed E-state index contributed by atoms with van der Waals surface area (Å²) in [4.78, 5) is 16.0. The summed E-state index contributed by atoms with van der Waals surface area (Å²) < 4.78 is 0. The Hall–Kier alpha value is -2.04. The Balaban J connectivity index is 1.71. The summed E-state index contributed by atoms with van der Waals surface area (Å²) in [6.45, 7) is 2.99. The van der Waals surface area contributed by atoms with Gasteiger partial charge in [0.05, 0.1) is 0 Å². The van der Waals surface area contributed by atoms with Crippen LogP contribution in [0.1, 0.15) is 11.6 Å². The highest BCUT2D eigenvalue weighted by Gasteiger charge is 2.30. The first-order valence-corrected chi connectivity index (χ1v) is 8.05. The Bertz CT molecular complexity index is 670. The van der Waals surface area contributed by atoms with E-state index in [4.69, 9.17) is 11.6 Å². The Labute approximate surface area is 140 Å². The van der Waals surface area contributed by atoms with Crippen molar-refractivity contribution in [3.8, 4) is 0 Å². The number of benzene rings is 2. The quantitative estimate of drug-likeness (QED) is 0.934. The number of piperazine rings is 1. The lowest BCUT2D eigenvalue weighted by Gasteiger charge is -2.39. The molecule has 0 amide bonds. The maximum atomic E-state index is 11.7. The van der Waals surface area contributed by atoms with Crippen molar-refractivity contribution >= 4 is 23.3 Å². The third-order valence-electron chi connectivity index (χ3n) is 4.20. The van der Waals surface area contributed by atoms with Crippen LogP contribution in [-0.4, -0.2) is 42.2 Å². The number of carboxylic acids is 1. The van der Waals surface area contributed by atoms with E-state index in [2.05, 4.69) is 4.90 Å². The van der Waals surface area contributed by atoms with Gasteiger partial charge in [0.2, 0.25) is 0 Å². The fraction of sp³-hybridized carbons (Fsp3) is 0.278. The monoisotopic (exact) mass is 330 g/mol. The van der Waals surface area contributed by atoms with Crippen molar-refractivity contribution in [1.29, 1.82) is 0 Å². The number of hydrogen-bond donors (Lipinski definition) is 1. The van der Waals surface area contributed by atoms with E-state index in [1.165, 1.54) is 0 Å². The van der Waals surface area contributed by atoms with Gasteiger partial charge in [0.1, 0.15) is 6.04 Å². The summed E-state index contributed by atoms with van der Waals surface area (Å²) >= 11 is 6.05. The van der Waals surface area contributed by atoms with E-state index in [9.17, 15) is 9.90 Å². The maximum absolute atomic E-state index is 11.7. The number of carbonyl (C=O) groups is 1. The number of halogens is 1. The van der Waals surface area contributed by atoms with Crippen molar-refractivity contribution in [3.05, 3.63) is 65.2 Å². The molecule has 5 heteroatoms. The van der Waals surface area contributed by atoms with E-state index >= 15 is 0 Å². The molecule has 1 aliphatic rings. The van der Waals surface area contributed by atoms with E-state index in [0.717, 1.165) is 29.4 Å².